The molecule has 0 radical (unpaired) electrons. The zero-order valence-electron chi connectivity index (χ0n) is 17.4. The van der Waals surface area contributed by atoms with Crippen molar-refractivity contribution in [2.75, 3.05) is 13.1 Å². The fourth-order valence-corrected chi connectivity index (χ4v) is 3.83. The van der Waals surface area contributed by atoms with Crippen molar-refractivity contribution in [3.63, 3.8) is 0 Å². The Kier molecular flexibility index (Phi) is 6.88. The van der Waals surface area contributed by atoms with Gasteiger partial charge in [0.25, 0.3) is 11.5 Å². The van der Waals surface area contributed by atoms with Crippen molar-refractivity contribution in [2.45, 2.75) is 52.1 Å². The summed E-state index contributed by atoms with van der Waals surface area (Å²) in [6.45, 7) is 6.53. The van der Waals surface area contributed by atoms with Gasteiger partial charge in [-0.1, -0.05) is 26.0 Å². The van der Waals surface area contributed by atoms with Crippen LogP contribution in [0.25, 0.3) is 11.7 Å². The first kappa shape index (κ1) is 22.4. The number of allylic oxidation sites excluding steroid dienone is 1. The van der Waals surface area contributed by atoms with E-state index >= 15 is 0 Å². The van der Waals surface area contributed by atoms with E-state index in [2.05, 4.69) is 21.8 Å². The zero-order chi connectivity index (χ0) is 20.5. The Bertz CT molecular complexity index is 1000. The van der Waals surface area contributed by atoms with Crippen LogP contribution < -0.4 is 16.2 Å². The standard InChI is InChI=1S/C21H29N5O3.ClH/c1-13(2)12-25-19-15(4-3-14-7-9-22-10-8-14)11-23-26(19)21(29)17(20(25)28)18(27)24-16-5-6-16;/h3-4,11,13-14,16,22,28H,5-10,12H2,1-2H3,(H,24,27);1H/b4-3+;. The van der Waals surface area contributed by atoms with Crippen molar-refractivity contribution in [2.24, 2.45) is 11.8 Å². The van der Waals surface area contributed by atoms with Gasteiger partial charge in [0.2, 0.25) is 5.88 Å². The van der Waals surface area contributed by atoms with Gasteiger partial charge < -0.3 is 15.7 Å². The first-order chi connectivity index (χ1) is 14.0. The van der Waals surface area contributed by atoms with E-state index in [1.807, 2.05) is 19.9 Å². The summed E-state index contributed by atoms with van der Waals surface area (Å²) in [6.07, 6.45) is 9.74. The number of nitrogens with zero attached hydrogens (tertiary/aromatic N) is 3. The summed E-state index contributed by atoms with van der Waals surface area (Å²) in [5.41, 5.74) is 0.472. The van der Waals surface area contributed by atoms with E-state index in [0.717, 1.165) is 44.3 Å². The highest BCUT2D eigenvalue weighted by molar-refractivity contribution is 5.96. The molecule has 1 amide bonds. The molecule has 2 aliphatic rings. The normalized spacial score (nSPS) is 17.6. The molecule has 9 heteroatoms. The third-order valence-corrected chi connectivity index (χ3v) is 5.53. The van der Waals surface area contributed by atoms with Crippen LogP contribution in [0, 0.1) is 11.8 Å². The molecule has 1 aliphatic heterocycles. The summed E-state index contributed by atoms with van der Waals surface area (Å²) in [5.74, 6) is -0.126. The predicted molar refractivity (Wildman–Crippen MR) is 118 cm³/mol. The lowest BCUT2D eigenvalue weighted by atomic mass is 9.97. The number of amides is 1. The number of halogens is 1. The molecule has 30 heavy (non-hydrogen) atoms. The largest absolute Gasteiger partial charge is 0.494 e. The molecule has 1 saturated heterocycles. The number of fused-ring (bicyclic) bond motifs is 1. The first-order valence-electron chi connectivity index (χ1n) is 10.5. The number of aromatic hydroxyl groups is 1. The topological polar surface area (TPSA) is 101 Å². The second-order valence-corrected chi connectivity index (χ2v) is 8.54. The summed E-state index contributed by atoms with van der Waals surface area (Å²) >= 11 is 0. The molecular weight excluding hydrogens is 406 g/mol. The minimum Gasteiger partial charge on any atom is -0.494 e. The van der Waals surface area contributed by atoms with E-state index < -0.39 is 11.5 Å². The van der Waals surface area contributed by atoms with Crippen molar-refractivity contribution in [3.8, 4) is 5.88 Å². The van der Waals surface area contributed by atoms with Gasteiger partial charge in [-0.3, -0.25) is 14.2 Å². The summed E-state index contributed by atoms with van der Waals surface area (Å²) in [6, 6.07) is 0.0941. The Morgan fingerprint density at radius 2 is 2.03 bits per heavy atom. The van der Waals surface area contributed by atoms with Gasteiger partial charge >= 0.3 is 0 Å². The smallest absolute Gasteiger partial charge is 0.291 e. The van der Waals surface area contributed by atoms with Gasteiger partial charge in [-0.2, -0.15) is 9.61 Å². The molecule has 0 atom stereocenters. The quantitative estimate of drug-likeness (QED) is 0.645. The van der Waals surface area contributed by atoms with Crippen molar-refractivity contribution < 1.29 is 9.90 Å². The lowest BCUT2D eigenvalue weighted by Crippen LogP contribution is -2.34. The number of nitrogens with one attached hydrogen (secondary N) is 2. The molecule has 3 heterocycles. The number of rotatable bonds is 6. The molecule has 2 aromatic rings. The fraction of sp³-hybridized carbons (Fsp3) is 0.571. The molecule has 8 nitrogen and oxygen atoms in total. The van der Waals surface area contributed by atoms with Gasteiger partial charge in [-0.05, 0) is 50.6 Å². The van der Waals surface area contributed by atoms with Gasteiger partial charge in [0.1, 0.15) is 5.65 Å². The van der Waals surface area contributed by atoms with Crippen LogP contribution >= 0.6 is 12.4 Å². The number of carbonyl (C=O) groups excluding carboxylic acids is 1. The van der Waals surface area contributed by atoms with Crippen LogP contribution in [0.15, 0.2) is 17.1 Å². The molecule has 2 fully saturated rings. The van der Waals surface area contributed by atoms with Crippen LogP contribution in [0.5, 0.6) is 5.88 Å². The maximum absolute atomic E-state index is 13.0. The third-order valence-electron chi connectivity index (χ3n) is 5.53. The summed E-state index contributed by atoms with van der Waals surface area (Å²) < 4.78 is 2.88. The van der Waals surface area contributed by atoms with E-state index in [1.54, 1.807) is 10.8 Å². The lowest BCUT2D eigenvalue weighted by molar-refractivity contribution is 0.0944. The predicted octanol–water partition coefficient (Wildman–Crippen LogP) is 2.18. The summed E-state index contributed by atoms with van der Waals surface area (Å²) in [7, 11) is 0. The van der Waals surface area contributed by atoms with Gasteiger partial charge in [0, 0.05) is 18.2 Å². The van der Waals surface area contributed by atoms with E-state index in [9.17, 15) is 14.7 Å². The van der Waals surface area contributed by atoms with Crippen LogP contribution in [-0.2, 0) is 6.54 Å². The zero-order valence-corrected chi connectivity index (χ0v) is 18.2. The number of hydrogen-bond donors (Lipinski definition) is 3. The highest BCUT2D eigenvalue weighted by Gasteiger charge is 2.29. The molecule has 2 aromatic heterocycles. The second-order valence-electron chi connectivity index (χ2n) is 8.54. The molecule has 3 N–H and O–H groups in total. The third kappa shape index (κ3) is 4.54. The average molecular weight is 436 g/mol. The highest BCUT2D eigenvalue weighted by atomic mass is 35.5. The summed E-state index contributed by atoms with van der Waals surface area (Å²) in [4.78, 5) is 25.6. The minimum absolute atomic E-state index is 0. The van der Waals surface area contributed by atoms with E-state index in [1.165, 1.54) is 4.52 Å². The van der Waals surface area contributed by atoms with Gasteiger partial charge in [-0.15, -0.1) is 12.4 Å². The number of piperidine rings is 1. The molecular formula is C21H30ClN5O3. The molecule has 0 bridgehead atoms. The van der Waals surface area contributed by atoms with Crippen molar-refractivity contribution in [3.05, 3.63) is 33.8 Å². The second kappa shape index (κ2) is 9.22. The lowest BCUT2D eigenvalue weighted by Gasteiger charge is -2.19. The summed E-state index contributed by atoms with van der Waals surface area (Å²) in [5, 5.41) is 21.3. The minimum atomic E-state index is -0.586. The van der Waals surface area contributed by atoms with Crippen LogP contribution in [0.2, 0.25) is 0 Å². The molecule has 0 aromatic carbocycles. The van der Waals surface area contributed by atoms with Gasteiger partial charge in [0.05, 0.1) is 6.20 Å². The first-order valence-corrected chi connectivity index (χ1v) is 10.5. The Morgan fingerprint density at radius 3 is 2.67 bits per heavy atom. The monoisotopic (exact) mass is 435 g/mol. The van der Waals surface area contributed by atoms with Crippen LogP contribution in [0.4, 0.5) is 0 Å². The van der Waals surface area contributed by atoms with E-state index in [4.69, 9.17) is 0 Å². The van der Waals surface area contributed by atoms with Crippen LogP contribution in [0.1, 0.15) is 55.5 Å². The fourth-order valence-electron chi connectivity index (χ4n) is 3.83. The van der Waals surface area contributed by atoms with E-state index in [0.29, 0.717) is 18.1 Å². The van der Waals surface area contributed by atoms with Crippen molar-refractivity contribution >= 4 is 30.0 Å². The maximum atomic E-state index is 13.0. The molecule has 0 unspecified atom stereocenters. The van der Waals surface area contributed by atoms with Crippen molar-refractivity contribution in [1.29, 1.82) is 0 Å². The van der Waals surface area contributed by atoms with E-state index in [-0.39, 0.29) is 35.8 Å². The van der Waals surface area contributed by atoms with Crippen LogP contribution in [0.3, 0.4) is 0 Å². The van der Waals surface area contributed by atoms with Crippen LogP contribution in [-0.4, -0.2) is 44.3 Å². The Hall–Kier alpha value is -2.32. The molecule has 1 saturated carbocycles. The Morgan fingerprint density at radius 1 is 1.33 bits per heavy atom. The highest BCUT2D eigenvalue weighted by Crippen LogP contribution is 2.25. The Balaban J connectivity index is 0.00000256. The Labute approximate surface area is 181 Å². The van der Waals surface area contributed by atoms with Gasteiger partial charge in [0.15, 0.2) is 5.56 Å². The molecule has 0 spiro atoms. The molecule has 164 valence electrons. The van der Waals surface area contributed by atoms with Crippen molar-refractivity contribution in [1.82, 2.24) is 24.8 Å². The number of hydrogen-bond acceptors (Lipinski definition) is 5. The molecule has 1 aliphatic carbocycles. The number of aromatic nitrogens is 3. The molecule has 4 rings (SSSR count). The number of carbonyl (C=O) groups is 1. The van der Waals surface area contributed by atoms with Gasteiger partial charge in [-0.25, -0.2) is 0 Å². The maximum Gasteiger partial charge on any atom is 0.291 e. The SMILES string of the molecule is CC(C)Cn1c(O)c(C(=O)NC2CC2)c(=O)n2ncc(/C=C/C3CCNCC3)c12.Cl. The average Bonchev–Trinajstić information content (AvgIpc) is 3.40.